The molecule has 0 saturated heterocycles. The molecule has 0 bridgehead atoms. The summed E-state index contributed by atoms with van der Waals surface area (Å²) in [5.74, 6) is 0.422. The fourth-order valence-corrected chi connectivity index (χ4v) is 2.93. The molecular formula is C19H17BrN2O5. The third-order valence-electron chi connectivity index (χ3n) is 3.79. The Kier molecular flexibility index (Phi) is 5.46. The zero-order valence-corrected chi connectivity index (χ0v) is 16.5. The number of rotatable bonds is 4. The standard InChI is InChI=1S/C19H17BrN2O5/c1-11(23)22-19(13-4-7-15(25-3)8-5-13)27-18(21-22)16-10-14(20)6-9-17(16)26-12(2)24/h4-10,19H,1-3H3/t19-/m0/s1. The van der Waals surface area contributed by atoms with Crippen LogP contribution in [-0.4, -0.2) is 29.9 Å². The number of hydrogen-bond donors (Lipinski definition) is 0. The normalized spacial score (nSPS) is 15.8. The maximum absolute atomic E-state index is 12.1. The number of nitrogens with zero attached hydrogens (tertiary/aromatic N) is 2. The van der Waals surface area contributed by atoms with Crippen molar-refractivity contribution in [3.63, 3.8) is 0 Å². The molecule has 1 atom stereocenters. The van der Waals surface area contributed by atoms with Crippen molar-refractivity contribution in [1.29, 1.82) is 0 Å². The van der Waals surface area contributed by atoms with Gasteiger partial charge in [-0.05, 0) is 42.5 Å². The second-order valence-corrected chi connectivity index (χ2v) is 6.66. The first kappa shape index (κ1) is 18.9. The van der Waals surface area contributed by atoms with Gasteiger partial charge >= 0.3 is 5.97 Å². The maximum Gasteiger partial charge on any atom is 0.308 e. The first-order chi connectivity index (χ1) is 12.9. The van der Waals surface area contributed by atoms with Crippen molar-refractivity contribution in [3.05, 3.63) is 58.1 Å². The molecule has 1 heterocycles. The van der Waals surface area contributed by atoms with Crippen LogP contribution in [0.5, 0.6) is 11.5 Å². The summed E-state index contributed by atoms with van der Waals surface area (Å²) in [5.41, 5.74) is 1.19. The number of methoxy groups -OCH3 is 1. The lowest BCUT2D eigenvalue weighted by atomic mass is 10.1. The van der Waals surface area contributed by atoms with E-state index >= 15 is 0 Å². The average molecular weight is 433 g/mol. The molecule has 0 aromatic heterocycles. The van der Waals surface area contributed by atoms with Gasteiger partial charge in [0.2, 0.25) is 18.0 Å². The number of halogens is 1. The highest BCUT2D eigenvalue weighted by Gasteiger charge is 2.34. The van der Waals surface area contributed by atoms with E-state index in [1.165, 1.54) is 18.9 Å². The molecule has 2 aromatic rings. The molecule has 3 rings (SSSR count). The summed E-state index contributed by atoms with van der Waals surface area (Å²) in [6.45, 7) is 2.71. The lowest BCUT2D eigenvalue weighted by Crippen LogP contribution is -2.25. The minimum Gasteiger partial charge on any atom is -0.497 e. The van der Waals surface area contributed by atoms with Crippen LogP contribution in [0.4, 0.5) is 0 Å². The van der Waals surface area contributed by atoms with Gasteiger partial charge in [0.15, 0.2) is 0 Å². The molecule has 0 aliphatic carbocycles. The summed E-state index contributed by atoms with van der Waals surface area (Å²) in [4.78, 5) is 23.5. The van der Waals surface area contributed by atoms with Crippen LogP contribution in [0.15, 0.2) is 52.0 Å². The van der Waals surface area contributed by atoms with Gasteiger partial charge in [0, 0.05) is 23.9 Å². The van der Waals surface area contributed by atoms with Crippen LogP contribution in [0.25, 0.3) is 0 Å². The van der Waals surface area contributed by atoms with Gasteiger partial charge in [0.1, 0.15) is 11.5 Å². The minimum atomic E-state index is -0.729. The lowest BCUT2D eigenvalue weighted by molar-refractivity contribution is -0.135. The van der Waals surface area contributed by atoms with Crippen LogP contribution in [0, 0.1) is 0 Å². The number of carbonyl (C=O) groups excluding carboxylic acids is 2. The van der Waals surface area contributed by atoms with Crippen molar-refractivity contribution in [1.82, 2.24) is 5.01 Å². The SMILES string of the molecule is COc1ccc([C@@H]2OC(c3cc(Br)ccc3OC(C)=O)=NN2C(C)=O)cc1. The number of benzene rings is 2. The van der Waals surface area contributed by atoms with E-state index in [0.29, 0.717) is 17.1 Å². The van der Waals surface area contributed by atoms with E-state index in [1.807, 2.05) is 0 Å². The number of ether oxygens (including phenoxy) is 3. The van der Waals surface area contributed by atoms with Crippen LogP contribution in [0.1, 0.15) is 31.2 Å². The quantitative estimate of drug-likeness (QED) is 0.544. The number of hydrogen-bond acceptors (Lipinski definition) is 6. The Labute approximate surface area is 164 Å². The second-order valence-electron chi connectivity index (χ2n) is 5.75. The highest BCUT2D eigenvalue weighted by Crippen LogP contribution is 2.34. The van der Waals surface area contributed by atoms with Gasteiger partial charge < -0.3 is 14.2 Å². The number of carbonyl (C=O) groups is 2. The summed E-state index contributed by atoms with van der Waals surface area (Å²) >= 11 is 3.38. The fraction of sp³-hybridized carbons (Fsp3) is 0.211. The van der Waals surface area contributed by atoms with Crippen LogP contribution >= 0.6 is 15.9 Å². The molecule has 0 radical (unpaired) electrons. The van der Waals surface area contributed by atoms with E-state index in [-0.39, 0.29) is 11.8 Å². The minimum absolute atomic E-state index is 0.184. The molecule has 2 aromatic carbocycles. The molecule has 27 heavy (non-hydrogen) atoms. The van der Waals surface area contributed by atoms with Crippen molar-refractivity contribution >= 4 is 33.7 Å². The number of amides is 1. The summed E-state index contributed by atoms with van der Waals surface area (Å²) in [7, 11) is 1.58. The summed E-state index contributed by atoms with van der Waals surface area (Å²) in [6.07, 6.45) is -0.729. The molecule has 1 aliphatic heterocycles. The Morgan fingerprint density at radius 2 is 1.85 bits per heavy atom. The number of hydrazone groups is 1. The Morgan fingerprint density at radius 1 is 1.15 bits per heavy atom. The van der Waals surface area contributed by atoms with Crippen molar-refractivity contribution in [3.8, 4) is 11.5 Å². The third-order valence-corrected chi connectivity index (χ3v) is 4.29. The highest BCUT2D eigenvalue weighted by molar-refractivity contribution is 9.10. The fourth-order valence-electron chi connectivity index (χ4n) is 2.57. The Morgan fingerprint density at radius 3 is 2.44 bits per heavy atom. The molecule has 0 N–H and O–H groups in total. The van der Waals surface area contributed by atoms with E-state index in [9.17, 15) is 9.59 Å². The van der Waals surface area contributed by atoms with Crippen molar-refractivity contribution in [2.24, 2.45) is 5.10 Å². The van der Waals surface area contributed by atoms with E-state index < -0.39 is 12.2 Å². The van der Waals surface area contributed by atoms with Crippen molar-refractivity contribution in [2.45, 2.75) is 20.1 Å². The van der Waals surface area contributed by atoms with Crippen molar-refractivity contribution < 1.29 is 23.8 Å². The maximum atomic E-state index is 12.1. The molecule has 0 unspecified atom stereocenters. The van der Waals surface area contributed by atoms with Gasteiger partial charge in [-0.3, -0.25) is 9.59 Å². The van der Waals surface area contributed by atoms with Crippen LogP contribution < -0.4 is 9.47 Å². The summed E-state index contributed by atoms with van der Waals surface area (Å²) in [5, 5.41) is 5.55. The highest BCUT2D eigenvalue weighted by atomic mass is 79.9. The van der Waals surface area contributed by atoms with Crippen LogP contribution in [0.3, 0.4) is 0 Å². The first-order valence-corrected chi connectivity index (χ1v) is 8.85. The summed E-state index contributed by atoms with van der Waals surface area (Å²) < 4.78 is 17.1. The topological polar surface area (TPSA) is 77.4 Å². The molecule has 1 aliphatic rings. The van der Waals surface area contributed by atoms with Gasteiger partial charge in [-0.1, -0.05) is 15.9 Å². The smallest absolute Gasteiger partial charge is 0.308 e. The lowest BCUT2D eigenvalue weighted by Gasteiger charge is -2.19. The Hall–Kier alpha value is -2.87. The first-order valence-electron chi connectivity index (χ1n) is 8.06. The largest absolute Gasteiger partial charge is 0.497 e. The third kappa shape index (κ3) is 4.11. The van der Waals surface area contributed by atoms with E-state index in [1.54, 1.807) is 49.6 Å². The molecular weight excluding hydrogens is 416 g/mol. The Balaban J connectivity index is 1.98. The molecule has 7 nitrogen and oxygen atoms in total. The molecule has 140 valence electrons. The molecule has 1 amide bonds. The van der Waals surface area contributed by atoms with E-state index in [0.717, 1.165) is 10.0 Å². The zero-order valence-electron chi connectivity index (χ0n) is 14.9. The van der Waals surface area contributed by atoms with Gasteiger partial charge in [0.25, 0.3) is 0 Å². The van der Waals surface area contributed by atoms with Crippen molar-refractivity contribution in [2.75, 3.05) is 7.11 Å². The van der Waals surface area contributed by atoms with Crippen LogP contribution in [0.2, 0.25) is 0 Å². The van der Waals surface area contributed by atoms with Gasteiger partial charge in [-0.25, -0.2) is 0 Å². The van der Waals surface area contributed by atoms with Gasteiger partial charge in [-0.15, -0.1) is 5.10 Å². The molecule has 0 spiro atoms. The van der Waals surface area contributed by atoms with Gasteiger partial charge in [-0.2, -0.15) is 5.01 Å². The number of esters is 1. The molecule has 8 heteroatoms. The second kappa shape index (κ2) is 7.79. The van der Waals surface area contributed by atoms with E-state index in [4.69, 9.17) is 14.2 Å². The van der Waals surface area contributed by atoms with Crippen LogP contribution in [-0.2, 0) is 14.3 Å². The summed E-state index contributed by atoms with van der Waals surface area (Å²) in [6, 6.07) is 12.2. The Bertz CT molecular complexity index is 911. The molecule has 0 saturated carbocycles. The molecule has 0 fully saturated rings. The zero-order chi connectivity index (χ0) is 19.6. The van der Waals surface area contributed by atoms with E-state index in [2.05, 4.69) is 21.0 Å². The average Bonchev–Trinajstić information content (AvgIpc) is 3.08. The predicted molar refractivity (Wildman–Crippen MR) is 101 cm³/mol. The van der Waals surface area contributed by atoms with Gasteiger partial charge in [0.05, 0.1) is 12.7 Å². The monoisotopic (exact) mass is 432 g/mol. The predicted octanol–water partition coefficient (Wildman–Crippen LogP) is 3.62.